The number of aliphatic carboxylic acids is 1. The van der Waals surface area contributed by atoms with Gasteiger partial charge in [-0.2, -0.15) is 0 Å². The lowest BCUT2D eigenvalue weighted by Crippen LogP contribution is -2.46. The van der Waals surface area contributed by atoms with E-state index >= 15 is 0 Å². The number of carboxylic acid groups (broad SMARTS) is 1. The highest BCUT2D eigenvalue weighted by Crippen LogP contribution is 2.21. The number of carbonyl (C=O) groups is 1. The molecule has 0 unspecified atom stereocenters. The van der Waals surface area contributed by atoms with Crippen LogP contribution < -0.4 is 9.64 Å². The van der Waals surface area contributed by atoms with Gasteiger partial charge in [0.1, 0.15) is 12.4 Å². The molecule has 2 aromatic carbocycles. The van der Waals surface area contributed by atoms with Crippen LogP contribution in [0.5, 0.6) is 5.75 Å². The first-order chi connectivity index (χ1) is 12.2. The van der Waals surface area contributed by atoms with Crippen LogP contribution in [0.3, 0.4) is 0 Å². The van der Waals surface area contributed by atoms with Crippen LogP contribution in [0, 0.1) is 0 Å². The first-order valence-electron chi connectivity index (χ1n) is 8.66. The molecule has 0 saturated carbocycles. The molecule has 3 rings (SSSR count). The summed E-state index contributed by atoms with van der Waals surface area (Å²) < 4.78 is 5.82. The number of rotatable bonds is 7. The third-order valence-corrected chi connectivity index (χ3v) is 4.46. The van der Waals surface area contributed by atoms with E-state index in [-0.39, 0.29) is 6.42 Å². The fraction of sp³-hybridized carbons (Fsp3) is 0.350. The molecule has 25 heavy (non-hydrogen) atoms. The van der Waals surface area contributed by atoms with Crippen LogP contribution in [0.4, 0.5) is 5.69 Å². The van der Waals surface area contributed by atoms with E-state index in [1.54, 1.807) is 0 Å². The van der Waals surface area contributed by atoms with Gasteiger partial charge in [-0.15, -0.1) is 0 Å². The van der Waals surface area contributed by atoms with Crippen molar-refractivity contribution in [2.75, 3.05) is 37.6 Å². The zero-order chi connectivity index (χ0) is 17.5. The van der Waals surface area contributed by atoms with Crippen LogP contribution in [0.1, 0.15) is 12.0 Å². The molecule has 1 heterocycles. The highest BCUT2D eigenvalue weighted by atomic mass is 16.5. The van der Waals surface area contributed by atoms with Crippen molar-refractivity contribution in [3.05, 3.63) is 60.2 Å². The minimum Gasteiger partial charge on any atom is -0.489 e. The van der Waals surface area contributed by atoms with Crippen LogP contribution in [0.25, 0.3) is 0 Å². The van der Waals surface area contributed by atoms with Gasteiger partial charge in [-0.3, -0.25) is 9.69 Å². The van der Waals surface area contributed by atoms with Gasteiger partial charge in [0, 0.05) is 38.4 Å². The lowest BCUT2D eigenvalue weighted by atomic mass is 10.2. The molecule has 0 aliphatic carbocycles. The number of nitrogens with zero attached hydrogens (tertiary/aromatic N) is 2. The minimum atomic E-state index is -0.728. The van der Waals surface area contributed by atoms with Crippen molar-refractivity contribution in [2.24, 2.45) is 0 Å². The maximum Gasteiger partial charge on any atom is 0.304 e. The minimum absolute atomic E-state index is 0.216. The predicted molar refractivity (Wildman–Crippen MR) is 98.1 cm³/mol. The largest absolute Gasteiger partial charge is 0.489 e. The molecule has 1 N–H and O–H groups in total. The van der Waals surface area contributed by atoms with Crippen LogP contribution in [0.2, 0.25) is 0 Å². The zero-order valence-corrected chi connectivity index (χ0v) is 14.3. The summed E-state index contributed by atoms with van der Waals surface area (Å²) >= 11 is 0. The summed E-state index contributed by atoms with van der Waals surface area (Å²) in [7, 11) is 0. The SMILES string of the molecule is O=C(O)CCN1CCN(c2ccc(OCc3ccccc3)cc2)CC1. The van der Waals surface area contributed by atoms with E-state index in [1.165, 1.54) is 5.69 Å². The third kappa shape index (κ3) is 5.22. The Kier molecular flexibility index (Phi) is 5.90. The summed E-state index contributed by atoms with van der Waals surface area (Å²) in [6.07, 6.45) is 0.216. The molecule has 1 fully saturated rings. The molecule has 0 radical (unpaired) electrons. The van der Waals surface area contributed by atoms with Gasteiger partial charge < -0.3 is 14.7 Å². The van der Waals surface area contributed by atoms with Crippen LogP contribution >= 0.6 is 0 Å². The highest BCUT2D eigenvalue weighted by Gasteiger charge is 2.17. The summed E-state index contributed by atoms with van der Waals surface area (Å²) in [4.78, 5) is 15.2. The average molecular weight is 340 g/mol. The molecule has 0 aromatic heterocycles. The second-order valence-electron chi connectivity index (χ2n) is 6.24. The lowest BCUT2D eigenvalue weighted by Gasteiger charge is -2.35. The van der Waals surface area contributed by atoms with E-state index < -0.39 is 5.97 Å². The van der Waals surface area contributed by atoms with Crippen LogP contribution in [-0.2, 0) is 11.4 Å². The number of benzene rings is 2. The topological polar surface area (TPSA) is 53.0 Å². The van der Waals surface area contributed by atoms with Crippen LogP contribution in [0.15, 0.2) is 54.6 Å². The van der Waals surface area contributed by atoms with Crippen molar-refractivity contribution >= 4 is 11.7 Å². The first-order valence-corrected chi connectivity index (χ1v) is 8.66. The molecule has 1 saturated heterocycles. The second kappa shape index (κ2) is 8.53. The van der Waals surface area contributed by atoms with E-state index in [1.807, 2.05) is 30.3 Å². The molecule has 5 heteroatoms. The highest BCUT2D eigenvalue weighted by molar-refractivity contribution is 5.66. The maximum absolute atomic E-state index is 10.7. The normalized spacial score (nSPS) is 15.1. The molecule has 1 aliphatic rings. The van der Waals surface area contributed by atoms with Crippen molar-refractivity contribution in [1.82, 2.24) is 4.90 Å². The van der Waals surface area contributed by atoms with E-state index in [0.717, 1.165) is 37.5 Å². The molecule has 0 atom stereocenters. The quantitative estimate of drug-likeness (QED) is 0.840. The summed E-state index contributed by atoms with van der Waals surface area (Å²) in [6, 6.07) is 18.3. The van der Waals surface area contributed by atoms with Crippen molar-refractivity contribution in [3.8, 4) is 5.75 Å². The Morgan fingerprint density at radius 3 is 2.28 bits per heavy atom. The van der Waals surface area contributed by atoms with Gasteiger partial charge in [0.25, 0.3) is 0 Å². The summed E-state index contributed by atoms with van der Waals surface area (Å²) in [6.45, 7) is 4.85. The Bertz CT molecular complexity index is 665. The maximum atomic E-state index is 10.7. The van der Waals surface area contributed by atoms with Crippen LogP contribution in [-0.4, -0.2) is 48.7 Å². The fourth-order valence-corrected chi connectivity index (χ4v) is 2.98. The van der Waals surface area contributed by atoms with Crippen molar-refractivity contribution in [3.63, 3.8) is 0 Å². The van der Waals surface area contributed by atoms with Gasteiger partial charge in [0.05, 0.1) is 6.42 Å². The van der Waals surface area contributed by atoms with Gasteiger partial charge in [-0.05, 0) is 29.8 Å². The monoisotopic (exact) mass is 340 g/mol. The van der Waals surface area contributed by atoms with Crippen molar-refractivity contribution < 1.29 is 14.6 Å². The number of anilines is 1. The molecular formula is C20H24N2O3. The van der Waals surface area contributed by atoms with Gasteiger partial charge in [0.2, 0.25) is 0 Å². The molecule has 0 amide bonds. The van der Waals surface area contributed by atoms with E-state index in [4.69, 9.17) is 9.84 Å². The number of hydrogen-bond acceptors (Lipinski definition) is 4. The lowest BCUT2D eigenvalue weighted by molar-refractivity contribution is -0.137. The number of ether oxygens (including phenoxy) is 1. The average Bonchev–Trinajstić information content (AvgIpc) is 2.66. The molecule has 5 nitrogen and oxygen atoms in total. The van der Waals surface area contributed by atoms with E-state index in [0.29, 0.717) is 13.2 Å². The molecule has 1 aliphatic heterocycles. The third-order valence-electron chi connectivity index (χ3n) is 4.46. The Morgan fingerprint density at radius 2 is 1.64 bits per heavy atom. The second-order valence-corrected chi connectivity index (χ2v) is 6.24. The fourth-order valence-electron chi connectivity index (χ4n) is 2.98. The number of hydrogen-bond donors (Lipinski definition) is 1. The Balaban J connectivity index is 1.47. The zero-order valence-electron chi connectivity index (χ0n) is 14.3. The van der Waals surface area contributed by atoms with Crippen molar-refractivity contribution in [1.29, 1.82) is 0 Å². The number of piperazine rings is 1. The smallest absolute Gasteiger partial charge is 0.304 e. The van der Waals surface area contributed by atoms with Crippen molar-refractivity contribution in [2.45, 2.75) is 13.0 Å². The first kappa shape index (κ1) is 17.3. The standard InChI is InChI=1S/C20H24N2O3/c23-20(24)10-11-21-12-14-22(15-13-21)18-6-8-19(9-7-18)25-16-17-4-2-1-3-5-17/h1-9H,10-16H2,(H,23,24). The van der Waals surface area contributed by atoms with Gasteiger partial charge in [0.15, 0.2) is 0 Å². The summed E-state index contributed by atoms with van der Waals surface area (Å²) in [5, 5.41) is 8.77. The van der Waals surface area contributed by atoms with E-state index in [9.17, 15) is 4.79 Å². The van der Waals surface area contributed by atoms with E-state index in [2.05, 4.69) is 34.1 Å². The Morgan fingerprint density at radius 1 is 0.960 bits per heavy atom. The molecular weight excluding hydrogens is 316 g/mol. The number of carboxylic acids is 1. The predicted octanol–water partition coefficient (Wildman–Crippen LogP) is 2.86. The Labute approximate surface area is 148 Å². The molecule has 2 aromatic rings. The molecule has 0 bridgehead atoms. The van der Waals surface area contributed by atoms with Gasteiger partial charge in [-0.25, -0.2) is 0 Å². The van der Waals surface area contributed by atoms with Gasteiger partial charge >= 0.3 is 5.97 Å². The Hall–Kier alpha value is -2.53. The summed E-state index contributed by atoms with van der Waals surface area (Å²) in [5.41, 5.74) is 2.34. The van der Waals surface area contributed by atoms with Gasteiger partial charge in [-0.1, -0.05) is 30.3 Å². The molecule has 132 valence electrons. The molecule has 0 spiro atoms. The summed E-state index contributed by atoms with van der Waals surface area (Å²) in [5.74, 6) is 0.140.